The van der Waals surface area contributed by atoms with Crippen molar-refractivity contribution < 1.29 is 14.2 Å². The van der Waals surface area contributed by atoms with Gasteiger partial charge in [-0.3, -0.25) is 0 Å². The molecule has 19 heavy (non-hydrogen) atoms. The van der Waals surface area contributed by atoms with Crippen LogP contribution in [0.2, 0.25) is 0 Å². The number of rotatable bonds is 5. The second-order valence-corrected chi connectivity index (χ2v) is 5.62. The molecule has 2 atom stereocenters. The van der Waals surface area contributed by atoms with Gasteiger partial charge in [0.1, 0.15) is 0 Å². The van der Waals surface area contributed by atoms with E-state index in [2.05, 4.69) is 31.3 Å². The lowest BCUT2D eigenvalue weighted by Crippen LogP contribution is -2.25. The van der Waals surface area contributed by atoms with Gasteiger partial charge >= 0.3 is 0 Å². The van der Waals surface area contributed by atoms with Crippen molar-refractivity contribution >= 4 is 0 Å². The zero-order chi connectivity index (χ0) is 13.4. The minimum Gasteiger partial charge on any atom is -0.493 e. The minimum atomic E-state index is 0.290. The van der Waals surface area contributed by atoms with Crippen LogP contribution < -0.4 is 19.5 Å². The van der Waals surface area contributed by atoms with E-state index >= 15 is 0 Å². The van der Waals surface area contributed by atoms with Crippen LogP contribution in [0.15, 0.2) is 12.1 Å². The lowest BCUT2D eigenvalue weighted by atomic mass is 10.1. The first-order valence-electron chi connectivity index (χ1n) is 6.90. The molecule has 0 amide bonds. The maximum Gasteiger partial charge on any atom is 0.231 e. The highest BCUT2D eigenvalue weighted by Crippen LogP contribution is 2.51. The van der Waals surface area contributed by atoms with Crippen LogP contribution in [0.5, 0.6) is 17.2 Å². The van der Waals surface area contributed by atoms with Crippen LogP contribution in [-0.4, -0.2) is 26.5 Å². The summed E-state index contributed by atoms with van der Waals surface area (Å²) in [5, 5.41) is 3.50. The monoisotopic (exact) mass is 263 g/mol. The normalized spacial score (nSPS) is 23.8. The molecule has 1 fully saturated rings. The Morgan fingerprint density at radius 3 is 2.95 bits per heavy atom. The molecule has 2 unspecified atom stereocenters. The zero-order valence-corrected chi connectivity index (χ0v) is 11.7. The Morgan fingerprint density at radius 2 is 2.21 bits per heavy atom. The van der Waals surface area contributed by atoms with Gasteiger partial charge in [0.2, 0.25) is 12.5 Å². The molecular weight excluding hydrogens is 242 g/mol. The van der Waals surface area contributed by atoms with Crippen molar-refractivity contribution in [3.05, 3.63) is 17.7 Å². The quantitative estimate of drug-likeness (QED) is 0.886. The lowest BCUT2D eigenvalue weighted by Gasteiger charge is -2.09. The van der Waals surface area contributed by atoms with E-state index in [-0.39, 0.29) is 6.79 Å². The number of hydrogen-bond acceptors (Lipinski definition) is 4. The van der Waals surface area contributed by atoms with Crippen LogP contribution in [0, 0.1) is 5.92 Å². The van der Waals surface area contributed by atoms with Gasteiger partial charge in [-0.2, -0.15) is 0 Å². The van der Waals surface area contributed by atoms with E-state index in [0.29, 0.717) is 12.0 Å². The summed E-state index contributed by atoms with van der Waals surface area (Å²) in [4.78, 5) is 0. The van der Waals surface area contributed by atoms with Crippen LogP contribution in [0.4, 0.5) is 0 Å². The molecule has 1 N–H and O–H groups in total. The van der Waals surface area contributed by atoms with Gasteiger partial charge in [0.15, 0.2) is 11.5 Å². The number of benzene rings is 1. The number of nitrogens with one attached hydrogen (secondary N) is 1. The molecule has 1 aromatic rings. The van der Waals surface area contributed by atoms with E-state index in [9.17, 15) is 0 Å². The molecule has 4 nitrogen and oxygen atoms in total. The van der Waals surface area contributed by atoms with Crippen LogP contribution in [0.1, 0.15) is 31.7 Å². The van der Waals surface area contributed by atoms with Crippen molar-refractivity contribution in [3.8, 4) is 17.2 Å². The van der Waals surface area contributed by atoms with Crippen LogP contribution in [-0.2, 0) is 0 Å². The molecule has 0 aromatic heterocycles. The smallest absolute Gasteiger partial charge is 0.231 e. The lowest BCUT2D eigenvalue weighted by molar-refractivity contribution is 0.171. The Bertz CT molecular complexity index is 473. The van der Waals surface area contributed by atoms with Gasteiger partial charge in [0.05, 0.1) is 7.11 Å². The molecule has 3 rings (SSSR count). The first-order valence-corrected chi connectivity index (χ1v) is 6.90. The molecule has 1 saturated carbocycles. The molecule has 1 aromatic carbocycles. The number of ether oxygens (including phenoxy) is 3. The van der Waals surface area contributed by atoms with Crippen LogP contribution in [0.3, 0.4) is 0 Å². The number of methoxy groups -OCH3 is 1. The van der Waals surface area contributed by atoms with Gasteiger partial charge in [-0.15, -0.1) is 0 Å². The predicted molar refractivity (Wildman–Crippen MR) is 73.1 cm³/mol. The third-order valence-electron chi connectivity index (χ3n) is 3.82. The van der Waals surface area contributed by atoms with Crippen molar-refractivity contribution in [1.29, 1.82) is 0 Å². The maximum atomic E-state index is 5.48. The number of hydrogen-bond donors (Lipinski definition) is 1. The second kappa shape index (κ2) is 4.93. The molecule has 0 radical (unpaired) electrons. The maximum absolute atomic E-state index is 5.48. The highest BCUT2D eigenvalue weighted by Gasteiger charge is 2.39. The standard InChI is InChI=1S/C15H21NO3/c1-9(2)16-7-11-4-12(11)10-5-13(17-3)15-14(6-10)18-8-19-15/h5-6,9,11-12,16H,4,7-8H2,1-3H3. The van der Waals surface area contributed by atoms with E-state index < -0.39 is 0 Å². The molecule has 2 aliphatic rings. The average molecular weight is 263 g/mol. The first-order chi connectivity index (χ1) is 9.19. The summed E-state index contributed by atoms with van der Waals surface area (Å²) in [6, 6.07) is 4.74. The van der Waals surface area contributed by atoms with E-state index in [4.69, 9.17) is 14.2 Å². The SMILES string of the molecule is COc1cc(C2CC2CNC(C)C)cc2c1OCO2. The zero-order valence-electron chi connectivity index (χ0n) is 11.7. The Kier molecular flexibility index (Phi) is 3.27. The molecule has 0 spiro atoms. The fourth-order valence-corrected chi connectivity index (χ4v) is 2.63. The van der Waals surface area contributed by atoms with Gasteiger partial charge in [-0.1, -0.05) is 13.8 Å². The molecule has 1 aliphatic heterocycles. The van der Waals surface area contributed by atoms with E-state index in [1.54, 1.807) is 7.11 Å². The third kappa shape index (κ3) is 2.50. The Labute approximate surface area is 114 Å². The second-order valence-electron chi connectivity index (χ2n) is 5.62. The topological polar surface area (TPSA) is 39.7 Å². The fourth-order valence-electron chi connectivity index (χ4n) is 2.63. The summed E-state index contributed by atoms with van der Waals surface area (Å²) < 4.78 is 16.3. The number of fused-ring (bicyclic) bond motifs is 1. The van der Waals surface area contributed by atoms with Gasteiger partial charge < -0.3 is 19.5 Å². The molecule has 0 saturated heterocycles. The van der Waals surface area contributed by atoms with Gasteiger partial charge in [0, 0.05) is 6.04 Å². The van der Waals surface area contributed by atoms with Crippen molar-refractivity contribution in [3.63, 3.8) is 0 Å². The summed E-state index contributed by atoms with van der Waals surface area (Å²) in [7, 11) is 1.67. The largest absolute Gasteiger partial charge is 0.493 e. The first kappa shape index (κ1) is 12.6. The van der Waals surface area contributed by atoms with Crippen molar-refractivity contribution in [1.82, 2.24) is 5.32 Å². The van der Waals surface area contributed by atoms with Crippen molar-refractivity contribution in [2.75, 3.05) is 20.4 Å². The third-order valence-corrected chi connectivity index (χ3v) is 3.82. The predicted octanol–water partition coefficient (Wildman–Crippen LogP) is 2.53. The molecule has 1 aliphatic carbocycles. The molecule has 1 heterocycles. The van der Waals surface area contributed by atoms with E-state index in [1.165, 1.54) is 12.0 Å². The molecular formula is C15H21NO3. The summed E-state index contributed by atoms with van der Waals surface area (Å²) in [6.07, 6.45) is 1.24. The van der Waals surface area contributed by atoms with E-state index in [1.807, 2.05) is 0 Å². The summed E-state index contributed by atoms with van der Waals surface area (Å²) >= 11 is 0. The molecule has 4 heteroatoms. The molecule has 0 bridgehead atoms. The van der Waals surface area contributed by atoms with Crippen LogP contribution in [0.25, 0.3) is 0 Å². The Morgan fingerprint density at radius 1 is 1.37 bits per heavy atom. The van der Waals surface area contributed by atoms with Crippen molar-refractivity contribution in [2.45, 2.75) is 32.2 Å². The van der Waals surface area contributed by atoms with E-state index in [0.717, 1.165) is 29.7 Å². The van der Waals surface area contributed by atoms with Crippen molar-refractivity contribution in [2.24, 2.45) is 5.92 Å². The summed E-state index contributed by atoms with van der Waals surface area (Å²) in [5.41, 5.74) is 1.30. The van der Waals surface area contributed by atoms with Gasteiger partial charge in [-0.25, -0.2) is 0 Å². The fraction of sp³-hybridized carbons (Fsp3) is 0.600. The molecule has 104 valence electrons. The summed E-state index contributed by atoms with van der Waals surface area (Å²) in [6.45, 7) is 5.74. The van der Waals surface area contributed by atoms with Gasteiger partial charge in [-0.05, 0) is 42.5 Å². The highest BCUT2D eigenvalue weighted by molar-refractivity contribution is 5.56. The minimum absolute atomic E-state index is 0.290. The average Bonchev–Trinajstić information content (AvgIpc) is 3.02. The Balaban J connectivity index is 1.73. The Hall–Kier alpha value is -1.42. The van der Waals surface area contributed by atoms with Gasteiger partial charge in [0.25, 0.3) is 0 Å². The van der Waals surface area contributed by atoms with Crippen LogP contribution >= 0.6 is 0 Å². The highest BCUT2D eigenvalue weighted by atomic mass is 16.7. The summed E-state index contributed by atoms with van der Waals surface area (Å²) in [5.74, 6) is 3.69.